The Labute approximate surface area is 146 Å². The molecule has 0 radical (unpaired) electrons. The first-order valence-corrected chi connectivity index (χ1v) is 8.80. The molecule has 3 atom stereocenters. The van der Waals surface area contributed by atoms with Crippen molar-refractivity contribution in [2.75, 3.05) is 18.7 Å². The molecular formula is C20H19N3O2. The number of nitriles is 1. The lowest BCUT2D eigenvalue weighted by Gasteiger charge is -2.25. The molecule has 2 aromatic carbocycles. The quantitative estimate of drug-likeness (QED) is 0.848. The molecule has 1 saturated carbocycles. The van der Waals surface area contributed by atoms with Gasteiger partial charge in [-0.3, -0.25) is 14.6 Å². The van der Waals surface area contributed by atoms with Crippen LogP contribution < -0.4 is 9.64 Å². The molecule has 3 aliphatic rings. The fourth-order valence-electron chi connectivity index (χ4n) is 5.04. The van der Waals surface area contributed by atoms with Gasteiger partial charge in [0.15, 0.2) is 0 Å². The van der Waals surface area contributed by atoms with Gasteiger partial charge in [0.1, 0.15) is 17.4 Å². The van der Waals surface area contributed by atoms with E-state index in [9.17, 15) is 10.1 Å². The lowest BCUT2D eigenvalue weighted by molar-refractivity contribution is -0.120. The normalized spacial score (nSPS) is 27.8. The highest BCUT2D eigenvalue weighted by Gasteiger charge is 2.55. The molecule has 2 aromatic rings. The summed E-state index contributed by atoms with van der Waals surface area (Å²) in [4.78, 5) is 17.4. The van der Waals surface area contributed by atoms with E-state index < -0.39 is 0 Å². The van der Waals surface area contributed by atoms with Crippen LogP contribution in [0.5, 0.6) is 5.75 Å². The minimum atomic E-state index is 0.0409. The van der Waals surface area contributed by atoms with Crippen molar-refractivity contribution in [3.8, 4) is 11.8 Å². The summed E-state index contributed by atoms with van der Waals surface area (Å²) in [5.41, 5.74) is 1.37. The van der Waals surface area contributed by atoms with Crippen molar-refractivity contribution in [1.29, 1.82) is 5.26 Å². The number of hydrogen-bond acceptors (Lipinski definition) is 4. The average Bonchev–Trinajstić information content (AvgIpc) is 3.34. The Morgan fingerprint density at radius 3 is 2.76 bits per heavy atom. The first-order valence-electron chi connectivity index (χ1n) is 8.80. The first kappa shape index (κ1) is 14.7. The van der Waals surface area contributed by atoms with Crippen LogP contribution in [0.2, 0.25) is 0 Å². The van der Waals surface area contributed by atoms with Gasteiger partial charge in [0.2, 0.25) is 5.91 Å². The SMILES string of the molecule is COc1cc(N2CN3C4CCC(C4)[C@H]3C2=O)c2ccccc2c1C#N. The fourth-order valence-corrected chi connectivity index (χ4v) is 5.04. The van der Waals surface area contributed by atoms with Crippen molar-refractivity contribution < 1.29 is 9.53 Å². The third-order valence-corrected chi connectivity index (χ3v) is 6.15. The van der Waals surface area contributed by atoms with E-state index in [0.717, 1.165) is 16.5 Å². The molecule has 2 saturated heterocycles. The molecule has 126 valence electrons. The van der Waals surface area contributed by atoms with Crippen LogP contribution >= 0.6 is 0 Å². The van der Waals surface area contributed by atoms with Crippen molar-refractivity contribution in [1.82, 2.24) is 4.90 Å². The molecule has 2 heterocycles. The first-order chi connectivity index (χ1) is 12.2. The molecule has 0 N–H and O–H groups in total. The van der Waals surface area contributed by atoms with Gasteiger partial charge >= 0.3 is 0 Å². The highest BCUT2D eigenvalue weighted by molar-refractivity contribution is 6.09. The maximum atomic E-state index is 13.2. The highest BCUT2D eigenvalue weighted by Crippen LogP contribution is 2.47. The molecule has 2 bridgehead atoms. The van der Waals surface area contributed by atoms with E-state index >= 15 is 0 Å². The van der Waals surface area contributed by atoms with Crippen LogP contribution in [0.4, 0.5) is 5.69 Å². The molecule has 0 spiro atoms. The van der Waals surface area contributed by atoms with E-state index in [-0.39, 0.29) is 11.9 Å². The van der Waals surface area contributed by atoms with E-state index in [1.54, 1.807) is 7.11 Å². The predicted molar refractivity (Wildman–Crippen MR) is 94.3 cm³/mol. The lowest BCUT2D eigenvalue weighted by atomic mass is 9.98. The van der Waals surface area contributed by atoms with E-state index in [0.29, 0.717) is 29.9 Å². The van der Waals surface area contributed by atoms with Crippen LogP contribution in [-0.2, 0) is 4.79 Å². The maximum absolute atomic E-state index is 13.2. The van der Waals surface area contributed by atoms with E-state index in [1.807, 2.05) is 35.2 Å². The molecule has 1 amide bonds. The topological polar surface area (TPSA) is 56.6 Å². The fraction of sp³-hybridized carbons (Fsp3) is 0.400. The van der Waals surface area contributed by atoms with Crippen molar-refractivity contribution in [3.63, 3.8) is 0 Å². The van der Waals surface area contributed by atoms with Crippen LogP contribution in [-0.4, -0.2) is 36.7 Å². The second-order valence-corrected chi connectivity index (χ2v) is 7.22. The van der Waals surface area contributed by atoms with Gasteiger partial charge in [-0.1, -0.05) is 24.3 Å². The van der Waals surface area contributed by atoms with Crippen molar-refractivity contribution in [2.24, 2.45) is 5.92 Å². The number of ether oxygens (including phenoxy) is 1. The third kappa shape index (κ3) is 1.89. The van der Waals surface area contributed by atoms with Gasteiger partial charge in [0, 0.05) is 22.9 Å². The highest BCUT2D eigenvalue weighted by atomic mass is 16.5. The molecule has 5 heteroatoms. The van der Waals surface area contributed by atoms with Gasteiger partial charge in [-0.15, -0.1) is 0 Å². The van der Waals surface area contributed by atoms with Gasteiger partial charge in [-0.2, -0.15) is 5.26 Å². The predicted octanol–water partition coefficient (Wildman–Crippen LogP) is 2.88. The molecule has 1 aliphatic carbocycles. The summed E-state index contributed by atoms with van der Waals surface area (Å²) >= 11 is 0. The second kappa shape index (κ2) is 5.21. The van der Waals surface area contributed by atoms with Crippen molar-refractivity contribution >= 4 is 22.4 Å². The molecule has 5 nitrogen and oxygen atoms in total. The molecule has 25 heavy (non-hydrogen) atoms. The van der Waals surface area contributed by atoms with Gasteiger partial charge in [-0.05, 0) is 25.2 Å². The Hall–Kier alpha value is -2.58. The van der Waals surface area contributed by atoms with Gasteiger partial charge in [0.25, 0.3) is 0 Å². The summed E-state index contributed by atoms with van der Waals surface area (Å²) in [6, 6.07) is 12.5. The summed E-state index contributed by atoms with van der Waals surface area (Å²) in [6.07, 6.45) is 3.55. The van der Waals surface area contributed by atoms with Crippen LogP contribution in [0.25, 0.3) is 10.8 Å². The van der Waals surface area contributed by atoms with Crippen molar-refractivity contribution in [2.45, 2.75) is 31.3 Å². The van der Waals surface area contributed by atoms with E-state index in [4.69, 9.17) is 4.74 Å². The molecule has 2 unspecified atom stereocenters. The second-order valence-electron chi connectivity index (χ2n) is 7.22. The summed E-state index contributed by atoms with van der Waals surface area (Å²) in [5.74, 6) is 1.23. The average molecular weight is 333 g/mol. The number of nitrogens with zero attached hydrogens (tertiary/aromatic N) is 3. The minimum absolute atomic E-state index is 0.0409. The number of anilines is 1. The zero-order chi connectivity index (χ0) is 17.1. The Morgan fingerprint density at radius 1 is 1.24 bits per heavy atom. The summed E-state index contributed by atoms with van der Waals surface area (Å²) in [6.45, 7) is 0.643. The number of piperidine rings is 1. The summed E-state index contributed by atoms with van der Waals surface area (Å²) in [5, 5.41) is 11.3. The van der Waals surface area contributed by atoms with Gasteiger partial charge in [-0.25, -0.2) is 0 Å². The zero-order valence-corrected chi connectivity index (χ0v) is 14.1. The van der Waals surface area contributed by atoms with E-state index in [1.165, 1.54) is 19.3 Å². The van der Waals surface area contributed by atoms with Crippen LogP contribution in [0.1, 0.15) is 24.8 Å². The Bertz CT molecular complexity index is 932. The number of carbonyl (C=O) groups excluding carboxylic acids is 1. The standard InChI is InChI=1S/C20H19N3O2/c1-25-18-9-17(15-5-3-2-4-14(15)16(18)10-21)23-11-22-13-7-6-12(8-13)19(22)20(23)24/h2-5,9,12-13,19H,6-8,11H2,1H3/t12?,13?,19-/m0/s1. The molecule has 3 fully saturated rings. The van der Waals surface area contributed by atoms with Crippen LogP contribution in [0.3, 0.4) is 0 Å². The number of fused-ring (bicyclic) bond motifs is 6. The minimum Gasteiger partial charge on any atom is -0.495 e. The zero-order valence-electron chi connectivity index (χ0n) is 14.1. The smallest absolute Gasteiger partial charge is 0.245 e. The number of carbonyl (C=O) groups is 1. The number of benzene rings is 2. The third-order valence-electron chi connectivity index (χ3n) is 6.15. The number of methoxy groups -OCH3 is 1. The lowest BCUT2D eigenvalue weighted by Crippen LogP contribution is -2.38. The van der Waals surface area contributed by atoms with Gasteiger partial charge < -0.3 is 4.74 Å². The Morgan fingerprint density at radius 2 is 2.04 bits per heavy atom. The molecular weight excluding hydrogens is 314 g/mol. The molecule has 2 aliphatic heterocycles. The number of rotatable bonds is 2. The van der Waals surface area contributed by atoms with Gasteiger partial charge in [0.05, 0.1) is 25.5 Å². The van der Waals surface area contributed by atoms with E-state index in [2.05, 4.69) is 11.0 Å². The maximum Gasteiger partial charge on any atom is 0.245 e. The number of hydrogen-bond donors (Lipinski definition) is 0. The number of amides is 1. The molecule has 5 rings (SSSR count). The van der Waals surface area contributed by atoms with Crippen molar-refractivity contribution in [3.05, 3.63) is 35.9 Å². The van der Waals surface area contributed by atoms with Crippen LogP contribution in [0, 0.1) is 17.2 Å². The monoisotopic (exact) mass is 333 g/mol. The Balaban J connectivity index is 1.67. The summed E-state index contributed by atoms with van der Waals surface area (Å²) in [7, 11) is 1.57. The van der Waals surface area contributed by atoms with Crippen LogP contribution in [0.15, 0.2) is 30.3 Å². The largest absolute Gasteiger partial charge is 0.495 e. The Kier molecular flexibility index (Phi) is 3.07. The molecule has 0 aromatic heterocycles. The summed E-state index contributed by atoms with van der Waals surface area (Å²) < 4.78 is 5.45.